The van der Waals surface area contributed by atoms with Crippen molar-refractivity contribution in [3.8, 4) is 0 Å². The Hall–Kier alpha value is -0.485. The maximum absolute atomic E-state index is 8.76. The predicted octanol–water partition coefficient (Wildman–Crippen LogP) is 0.0199. The molecule has 3 nitrogen and oxygen atoms in total. The summed E-state index contributed by atoms with van der Waals surface area (Å²) in [5.74, 6) is 0. The van der Waals surface area contributed by atoms with Gasteiger partial charge in [-0.25, -0.2) is 0 Å². The molecule has 0 bridgehead atoms. The molecule has 0 aromatic heterocycles. The molecule has 1 aromatic carbocycles. The van der Waals surface area contributed by atoms with Gasteiger partial charge in [0.15, 0.2) is 0 Å². The highest BCUT2D eigenvalue weighted by atomic mass is 32.2. The van der Waals surface area contributed by atoms with Gasteiger partial charge in [-0.3, -0.25) is 0 Å². The van der Waals surface area contributed by atoms with Crippen molar-refractivity contribution in [3.63, 3.8) is 0 Å². The molecule has 0 spiro atoms. The first-order valence-corrected chi connectivity index (χ1v) is 4.15. The molecule has 0 fully saturated rings. The van der Waals surface area contributed by atoms with Gasteiger partial charge in [-0.1, -0.05) is 12.1 Å². The molecule has 1 aromatic rings. The van der Waals surface area contributed by atoms with Crippen molar-refractivity contribution in [2.75, 3.05) is 7.11 Å². The van der Waals surface area contributed by atoms with E-state index in [4.69, 9.17) is 14.2 Å². The Morgan fingerprint density at radius 3 is 2.25 bits per heavy atom. The van der Waals surface area contributed by atoms with E-state index in [2.05, 4.69) is 0 Å². The highest BCUT2D eigenvalue weighted by Gasteiger charge is 2.09. The zero-order valence-electron chi connectivity index (χ0n) is 6.60. The zero-order chi connectivity index (χ0) is 8.97. The van der Waals surface area contributed by atoms with Crippen LogP contribution in [0.25, 0.3) is 0 Å². The molecule has 0 amide bonds. The fourth-order valence-corrected chi connectivity index (χ4v) is 1.23. The summed E-state index contributed by atoms with van der Waals surface area (Å²) >= 11 is 1.23. The lowest BCUT2D eigenvalue weighted by Gasteiger charge is -2.00. The van der Waals surface area contributed by atoms with Crippen LogP contribution < -0.4 is 5.46 Å². The second kappa shape index (κ2) is 4.52. The molecule has 0 unspecified atom stereocenters. The molecule has 12 heavy (non-hydrogen) atoms. The minimum atomic E-state index is -1.40. The van der Waals surface area contributed by atoms with Crippen LogP contribution in [0.3, 0.4) is 0 Å². The normalized spacial score (nSPS) is 9.92. The third kappa shape index (κ3) is 2.53. The molecule has 0 aliphatic heterocycles. The van der Waals surface area contributed by atoms with Gasteiger partial charge >= 0.3 is 7.12 Å². The lowest BCUT2D eigenvalue weighted by Crippen LogP contribution is -2.29. The van der Waals surface area contributed by atoms with Crippen LogP contribution in [-0.2, 0) is 4.18 Å². The van der Waals surface area contributed by atoms with Gasteiger partial charge in [0.05, 0.1) is 7.11 Å². The van der Waals surface area contributed by atoms with Gasteiger partial charge in [-0.15, -0.1) is 0 Å². The SMILES string of the molecule is COSc1ccc(B(O)O)cc1. The largest absolute Gasteiger partial charge is 0.488 e. The van der Waals surface area contributed by atoms with Crippen molar-refractivity contribution in [3.05, 3.63) is 24.3 Å². The average Bonchev–Trinajstić information content (AvgIpc) is 2.06. The second-order valence-corrected chi connectivity index (χ2v) is 3.16. The summed E-state index contributed by atoms with van der Waals surface area (Å²) in [7, 11) is 0.186. The van der Waals surface area contributed by atoms with Crippen LogP contribution in [0.2, 0.25) is 0 Å². The van der Waals surface area contributed by atoms with Crippen molar-refractivity contribution < 1.29 is 14.2 Å². The second-order valence-electron chi connectivity index (χ2n) is 2.19. The minimum Gasteiger partial charge on any atom is -0.423 e. The van der Waals surface area contributed by atoms with Crippen LogP contribution in [0.15, 0.2) is 29.2 Å². The van der Waals surface area contributed by atoms with E-state index in [1.165, 1.54) is 12.0 Å². The molecule has 64 valence electrons. The third-order valence-electron chi connectivity index (χ3n) is 1.36. The van der Waals surface area contributed by atoms with Gasteiger partial charge in [0.2, 0.25) is 0 Å². The van der Waals surface area contributed by atoms with Crippen LogP contribution in [-0.4, -0.2) is 24.3 Å². The maximum atomic E-state index is 8.76. The van der Waals surface area contributed by atoms with E-state index in [0.29, 0.717) is 5.46 Å². The molecular formula is C7H9BO3S. The molecule has 0 atom stereocenters. The number of hydrogen-bond acceptors (Lipinski definition) is 4. The van der Waals surface area contributed by atoms with Crippen molar-refractivity contribution in [1.29, 1.82) is 0 Å². The van der Waals surface area contributed by atoms with E-state index in [0.717, 1.165) is 4.90 Å². The molecule has 0 saturated carbocycles. The van der Waals surface area contributed by atoms with Gasteiger partial charge in [0, 0.05) is 16.9 Å². The Morgan fingerprint density at radius 1 is 1.25 bits per heavy atom. The summed E-state index contributed by atoms with van der Waals surface area (Å²) in [6.45, 7) is 0. The van der Waals surface area contributed by atoms with Crippen LogP contribution in [0.4, 0.5) is 0 Å². The van der Waals surface area contributed by atoms with Gasteiger partial charge < -0.3 is 14.2 Å². The summed E-state index contributed by atoms with van der Waals surface area (Å²) < 4.78 is 4.82. The molecule has 5 heteroatoms. The summed E-state index contributed by atoms with van der Waals surface area (Å²) in [6, 6.07) is 6.82. The Kier molecular flexibility index (Phi) is 3.62. The van der Waals surface area contributed by atoms with Crippen molar-refractivity contribution >= 4 is 24.6 Å². The monoisotopic (exact) mass is 184 g/mol. The Bertz CT molecular complexity index is 237. The number of benzene rings is 1. The number of rotatable bonds is 3. The first kappa shape index (κ1) is 9.60. The van der Waals surface area contributed by atoms with E-state index in [-0.39, 0.29) is 0 Å². The molecule has 0 saturated heterocycles. The fraction of sp³-hybridized carbons (Fsp3) is 0.143. The van der Waals surface area contributed by atoms with Crippen molar-refractivity contribution in [1.82, 2.24) is 0 Å². The highest BCUT2D eigenvalue weighted by Crippen LogP contribution is 2.15. The van der Waals surface area contributed by atoms with Gasteiger partial charge in [0.1, 0.15) is 0 Å². The minimum absolute atomic E-state index is 0.482. The van der Waals surface area contributed by atoms with E-state index in [9.17, 15) is 0 Å². The summed E-state index contributed by atoms with van der Waals surface area (Å²) in [4.78, 5) is 0.932. The zero-order valence-corrected chi connectivity index (χ0v) is 7.41. The van der Waals surface area contributed by atoms with Gasteiger partial charge in [-0.2, -0.15) is 0 Å². The van der Waals surface area contributed by atoms with Crippen molar-refractivity contribution in [2.24, 2.45) is 0 Å². The standard InChI is InChI=1S/C7H9BO3S/c1-11-12-7-4-2-6(3-5-7)8(9)10/h2-5,9-10H,1H3. The van der Waals surface area contributed by atoms with E-state index in [1.807, 2.05) is 0 Å². The van der Waals surface area contributed by atoms with Crippen LogP contribution in [0.5, 0.6) is 0 Å². The summed E-state index contributed by atoms with van der Waals surface area (Å²) in [5.41, 5.74) is 0.482. The Labute approximate surface area is 75.7 Å². The average molecular weight is 184 g/mol. The molecular weight excluding hydrogens is 175 g/mol. The lowest BCUT2D eigenvalue weighted by molar-refractivity contribution is 0.425. The van der Waals surface area contributed by atoms with Crippen LogP contribution >= 0.6 is 12.0 Å². The molecule has 2 N–H and O–H groups in total. The molecule has 0 aliphatic carbocycles. The predicted molar refractivity (Wildman–Crippen MR) is 49.1 cm³/mol. The van der Waals surface area contributed by atoms with E-state index >= 15 is 0 Å². The van der Waals surface area contributed by atoms with Gasteiger partial charge in [0.25, 0.3) is 0 Å². The van der Waals surface area contributed by atoms with Crippen LogP contribution in [0.1, 0.15) is 0 Å². The first-order chi connectivity index (χ1) is 5.74. The quantitative estimate of drug-likeness (QED) is 0.513. The topological polar surface area (TPSA) is 49.7 Å². The Morgan fingerprint density at radius 2 is 1.83 bits per heavy atom. The third-order valence-corrected chi connectivity index (χ3v) is 1.99. The molecule has 0 aliphatic rings. The lowest BCUT2D eigenvalue weighted by atomic mass is 9.81. The molecule has 0 radical (unpaired) electrons. The fourth-order valence-electron chi connectivity index (χ4n) is 0.792. The molecule has 1 rings (SSSR count). The highest BCUT2D eigenvalue weighted by molar-refractivity contribution is 7.94. The maximum Gasteiger partial charge on any atom is 0.488 e. The first-order valence-electron chi connectivity index (χ1n) is 3.41. The smallest absolute Gasteiger partial charge is 0.423 e. The Balaban J connectivity index is 2.71. The van der Waals surface area contributed by atoms with E-state index < -0.39 is 7.12 Å². The van der Waals surface area contributed by atoms with Crippen molar-refractivity contribution in [2.45, 2.75) is 4.90 Å². The van der Waals surface area contributed by atoms with E-state index in [1.54, 1.807) is 31.4 Å². The van der Waals surface area contributed by atoms with Gasteiger partial charge in [-0.05, 0) is 17.6 Å². The number of hydrogen-bond donors (Lipinski definition) is 2. The van der Waals surface area contributed by atoms with Crippen LogP contribution in [0, 0.1) is 0 Å². The molecule has 0 heterocycles. The summed E-state index contributed by atoms with van der Waals surface area (Å²) in [5, 5.41) is 17.5. The summed E-state index contributed by atoms with van der Waals surface area (Å²) in [6.07, 6.45) is 0.